The largest absolute Gasteiger partial charge is 0.370 e. The highest BCUT2D eigenvalue weighted by atomic mass is 16.5. The second kappa shape index (κ2) is 5.46. The van der Waals surface area contributed by atoms with E-state index in [2.05, 4.69) is 10.1 Å². The molecule has 0 saturated heterocycles. The van der Waals surface area contributed by atoms with E-state index in [1.807, 2.05) is 30.3 Å². The molecule has 0 spiro atoms. The summed E-state index contributed by atoms with van der Waals surface area (Å²) in [6, 6.07) is 10.0. The first-order valence-electron chi connectivity index (χ1n) is 6.77. The van der Waals surface area contributed by atoms with Crippen molar-refractivity contribution in [2.45, 2.75) is 19.4 Å². The van der Waals surface area contributed by atoms with Gasteiger partial charge in [-0.25, -0.2) is 0 Å². The summed E-state index contributed by atoms with van der Waals surface area (Å²) in [4.78, 5) is 13.1. The van der Waals surface area contributed by atoms with Crippen LogP contribution < -0.4 is 5.73 Å². The number of fused-ring (bicyclic) bond motifs is 1. The Balaban J connectivity index is 1.81. The fourth-order valence-electron chi connectivity index (χ4n) is 2.55. The first-order valence-corrected chi connectivity index (χ1v) is 6.77. The van der Waals surface area contributed by atoms with E-state index in [9.17, 15) is 4.79 Å². The Morgan fingerprint density at radius 2 is 2.15 bits per heavy atom. The first-order chi connectivity index (χ1) is 9.74. The van der Waals surface area contributed by atoms with Crippen molar-refractivity contribution in [1.82, 2.24) is 10.1 Å². The molecule has 0 saturated carbocycles. The highest BCUT2D eigenvalue weighted by molar-refractivity contribution is 5.73. The lowest BCUT2D eigenvalue weighted by Gasteiger charge is -2.25. The van der Waals surface area contributed by atoms with E-state index in [4.69, 9.17) is 10.3 Å². The highest BCUT2D eigenvalue weighted by Crippen LogP contribution is 2.29. The van der Waals surface area contributed by atoms with Gasteiger partial charge in [0.1, 0.15) is 11.5 Å². The van der Waals surface area contributed by atoms with Gasteiger partial charge < -0.3 is 10.3 Å². The Morgan fingerprint density at radius 1 is 1.35 bits per heavy atom. The van der Waals surface area contributed by atoms with Crippen LogP contribution in [0.2, 0.25) is 0 Å². The van der Waals surface area contributed by atoms with Crippen LogP contribution in [0.3, 0.4) is 0 Å². The molecular weight excluding hydrogens is 254 g/mol. The van der Waals surface area contributed by atoms with Gasteiger partial charge in [-0.3, -0.25) is 9.69 Å². The Hall–Kier alpha value is -2.14. The lowest BCUT2D eigenvalue weighted by Crippen LogP contribution is -2.33. The van der Waals surface area contributed by atoms with Crippen molar-refractivity contribution in [3.8, 4) is 11.3 Å². The van der Waals surface area contributed by atoms with Gasteiger partial charge in [0.2, 0.25) is 5.91 Å². The monoisotopic (exact) mass is 271 g/mol. The van der Waals surface area contributed by atoms with Crippen molar-refractivity contribution in [1.29, 1.82) is 0 Å². The van der Waals surface area contributed by atoms with E-state index >= 15 is 0 Å². The zero-order chi connectivity index (χ0) is 13.9. The summed E-state index contributed by atoms with van der Waals surface area (Å²) in [5.74, 6) is 0.698. The number of carbonyl (C=O) groups is 1. The number of nitrogens with two attached hydrogens (primary N) is 1. The van der Waals surface area contributed by atoms with Crippen LogP contribution in [0, 0.1) is 0 Å². The maximum Gasteiger partial charge on any atom is 0.218 e. The number of carbonyl (C=O) groups excluding carboxylic acids is 1. The lowest BCUT2D eigenvalue weighted by molar-refractivity contribution is -0.118. The van der Waals surface area contributed by atoms with Gasteiger partial charge in [0.25, 0.3) is 0 Å². The molecule has 0 atom stereocenters. The zero-order valence-electron chi connectivity index (χ0n) is 11.2. The molecule has 0 aliphatic carbocycles. The number of hydrogen-bond acceptors (Lipinski definition) is 4. The predicted octanol–water partition coefficient (Wildman–Crippen LogP) is 1.58. The fraction of sp³-hybridized carbons (Fsp3) is 0.333. The molecule has 104 valence electrons. The van der Waals surface area contributed by atoms with Crippen LogP contribution in [0.1, 0.15) is 17.7 Å². The Bertz CT molecular complexity index is 607. The van der Waals surface area contributed by atoms with Gasteiger partial charge in [0, 0.05) is 43.6 Å². The third-order valence-electron chi connectivity index (χ3n) is 3.63. The molecule has 2 aromatic rings. The topological polar surface area (TPSA) is 72.4 Å². The van der Waals surface area contributed by atoms with Gasteiger partial charge in [-0.2, -0.15) is 0 Å². The number of hydrogen-bond donors (Lipinski definition) is 1. The van der Waals surface area contributed by atoms with Crippen LogP contribution >= 0.6 is 0 Å². The van der Waals surface area contributed by atoms with Gasteiger partial charge >= 0.3 is 0 Å². The summed E-state index contributed by atoms with van der Waals surface area (Å²) < 4.78 is 5.45. The van der Waals surface area contributed by atoms with Crippen LogP contribution in [0.5, 0.6) is 0 Å². The first kappa shape index (κ1) is 12.9. The average Bonchev–Trinajstić information content (AvgIpc) is 2.89. The van der Waals surface area contributed by atoms with Crippen molar-refractivity contribution in [2.75, 3.05) is 13.1 Å². The quantitative estimate of drug-likeness (QED) is 0.916. The lowest BCUT2D eigenvalue weighted by atomic mass is 10.0. The van der Waals surface area contributed by atoms with Gasteiger partial charge in [-0.15, -0.1) is 0 Å². The number of aromatic nitrogens is 1. The smallest absolute Gasteiger partial charge is 0.218 e. The second-order valence-electron chi connectivity index (χ2n) is 5.04. The normalized spacial score (nSPS) is 15.0. The Labute approximate surface area is 117 Å². The fourth-order valence-corrected chi connectivity index (χ4v) is 2.55. The molecule has 3 rings (SSSR count). The standard InChI is InChI=1S/C15H17N3O2/c16-14(19)7-9-18-8-6-13-12(10-18)15(17-20-13)11-4-2-1-3-5-11/h1-5H,6-10H2,(H2,16,19). The number of primary amides is 1. The minimum Gasteiger partial charge on any atom is -0.370 e. The molecule has 5 nitrogen and oxygen atoms in total. The van der Waals surface area contributed by atoms with Gasteiger partial charge in [0.05, 0.1) is 0 Å². The van der Waals surface area contributed by atoms with E-state index < -0.39 is 0 Å². The summed E-state index contributed by atoms with van der Waals surface area (Å²) in [5, 5.41) is 4.20. The third-order valence-corrected chi connectivity index (χ3v) is 3.63. The minimum atomic E-state index is -0.260. The summed E-state index contributed by atoms with van der Waals surface area (Å²) in [5.41, 5.74) is 8.31. The van der Waals surface area contributed by atoms with Gasteiger partial charge in [-0.1, -0.05) is 35.5 Å². The van der Waals surface area contributed by atoms with Gasteiger partial charge in [-0.05, 0) is 0 Å². The molecule has 1 aromatic carbocycles. The number of nitrogens with zero attached hydrogens (tertiary/aromatic N) is 2. The van der Waals surface area contributed by atoms with Crippen molar-refractivity contribution in [3.05, 3.63) is 41.7 Å². The maximum atomic E-state index is 10.9. The molecule has 1 aliphatic rings. The second-order valence-corrected chi connectivity index (χ2v) is 5.04. The molecule has 0 bridgehead atoms. The predicted molar refractivity (Wildman–Crippen MR) is 74.7 cm³/mol. The number of amides is 1. The average molecular weight is 271 g/mol. The molecule has 2 heterocycles. The zero-order valence-corrected chi connectivity index (χ0v) is 11.2. The maximum absolute atomic E-state index is 10.9. The van der Waals surface area contributed by atoms with Crippen molar-refractivity contribution in [2.24, 2.45) is 5.73 Å². The third kappa shape index (κ3) is 2.58. The molecule has 20 heavy (non-hydrogen) atoms. The number of rotatable bonds is 4. The molecule has 5 heteroatoms. The number of benzene rings is 1. The van der Waals surface area contributed by atoms with Crippen LogP contribution in [0.25, 0.3) is 11.3 Å². The molecule has 1 aliphatic heterocycles. The van der Waals surface area contributed by atoms with Crippen LogP contribution in [-0.4, -0.2) is 29.1 Å². The van der Waals surface area contributed by atoms with E-state index in [-0.39, 0.29) is 5.91 Å². The van der Waals surface area contributed by atoms with Crippen LogP contribution in [-0.2, 0) is 17.8 Å². The summed E-state index contributed by atoms with van der Waals surface area (Å²) in [6.07, 6.45) is 1.22. The van der Waals surface area contributed by atoms with Crippen molar-refractivity contribution >= 4 is 5.91 Å². The molecule has 0 radical (unpaired) electrons. The Kier molecular flexibility index (Phi) is 3.52. The SMILES string of the molecule is NC(=O)CCN1CCc2onc(-c3ccccc3)c2C1. The molecule has 1 aromatic heterocycles. The van der Waals surface area contributed by atoms with Crippen molar-refractivity contribution in [3.63, 3.8) is 0 Å². The molecular formula is C15H17N3O2. The summed E-state index contributed by atoms with van der Waals surface area (Å²) in [7, 11) is 0. The molecule has 2 N–H and O–H groups in total. The van der Waals surface area contributed by atoms with Gasteiger partial charge in [0.15, 0.2) is 0 Å². The van der Waals surface area contributed by atoms with E-state index in [1.54, 1.807) is 0 Å². The minimum absolute atomic E-state index is 0.260. The van der Waals surface area contributed by atoms with E-state index in [1.165, 1.54) is 0 Å². The molecule has 1 amide bonds. The van der Waals surface area contributed by atoms with E-state index in [0.717, 1.165) is 42.1 Å². The Morgan fingerprint density at radius 3 is 2.90 bits per heavy atom. The molecule has 0 unspecified atom stereocenters. The summed E-state index contributed by atoms with van der Waals surface area (Å²) in [6.45, 7) is 2.33. The summed E-state index contributed by atoms with van der Waals surface area (Å²) >= 11 is 0. The molecule has 0 fully saturated rings. The van der Waals surface area contributed by atoms with Crippen LogP contribution in [0.4, 0.5) is 0 Å². The highest BCUT2D eigenvalue weighted by Gasteiger charge is 2.24. The van der Waals surface area contributed by atoms with Crippen molar-refractivity contribution < 1.29 is 9.32 Å². The van der Waals surface area contributed by atoms with Crippen LogP contribution in [0.15, 0.2) is 34.9 Å². The van der Waals surface area contributed by atoms with E-state index in [0.29, 0.717) is 13.0 Å².